The second-order valence-electron chi connectivity index (χ2n) is 3.93. The van der Waals surface area contributed by atoms with E-state index in [4.69, 9.17) is 0 Å². The van der Waals surface area contributed by atoms with Crippen molar-refractivity contribution >= 4 is 11.3 Å². The van der Waals surface area contributed by atoms with E-state index in [1.54, 1.807) is 0 Å². The van der Waals surface area contributed by atoms with E-state index in [1.807, 2.05) is 11.3 Å². The first-order chi connectivity index (χ1) is 6.09. The van der Waals surface area contributed by atoms with E-state index in [9.17, 15) is 0 Å². The average molecular weight is 197 g/mol. The highest BCUT2D eigenvalue weighted by Crippen LogP contribution is 2.15. The largest absolute Gasteiger partial charge is 0.309 e. The number of hydrogen-bond acceptors (Lipinski definition) is 2. The summed E-state index contributed by atoms with van der Waals surface area (Å²) in [6.45, 7) is 9.90. The molecule has 0 saturated heterocycles. The highest BCUT2D eigenvalue weighted by atomic mass is 32.1. The highest BCUT2D eigenvalue weighted by Gasteiger charge is 2.06. The van der Waals surface area contributed by atoms with Crippen LogP contribution in [0, 0.1) is 12.8 Å². The summed E-state index contributed by atoms with van der Waals surface area (Å²) in [5.41, 5.74) is 0. The van der Waals surface area contributed by atoms with Crippen LogP contribution in [0.15, 0.2) is 12.1 Å². The number of aryl methyl sites for hydroxylation is 1. The molecule has 0 aliphatic carbocycles. The molecule has 0 fully saturated rings. The van der Waals surface area contributed by atoms with Crippen molar-refractivity contribution in [2.24, 2.45) is 5.92 Å². The van der Waals surface area contributed by atoms with Crippen LogP contribution in [0.3, 0.4) is 0 Å². The summed E-state index contributed by atoms with van der Waals surface area (Å²) in [6.07, 6.45) is 0. The van der Waals surface area contributed by atoms with Gasteiger partial charge in [-0.25, -0.2) is 0 Å². The van der Waals surface area contributed by atoms with Crippen molar-refractivity contribution in [3.8, 4) is 0 Å². The minimum Gasteiger partial charge on any atom is -0.309 e. The molecule has 1 N–H and O–H groups in total. The van der Waals surface area contributed by atoms with Crippen molar-refractivity contribution in [3.05, 3.63) is 21.9 Å². The molecule has 0 saturated carbocycles. The SMILES string of the molecule is Cc1ccc(CN[C@H](C)C(C)C)s1. The first-order valence-corrected chi connectivity index (χ1v) is 5.70. The molecular formula is C11H19NS. The van der Waals surface area contributed by atoms with Gasteiger partial charge in [0.25, 0.3) is 0 Å². The van der Waals surface area contributed by atoms with Crippen LogP contribution in [0.4, 0.5) is 0 Å². The Bertz CT molecular complexity index is 252. The monoisotopic (exact) mass is 197 g/mol. The summed E-state index contributed by atoms with van der Waals surface area (Å²) in [4.78, 5) is 2.83. The summed E-state index contributed by atoms with van der Waals surface area (Å²) >= 11 is 1.88. The third-order valence-electron chi connectivity index (χ3n) is 2.39. The normalized spacial score (nSPS) is 13.6. The Balaban J connectivity index is 2.35. The van der Waals surface area contributed by atoms with Crippen LogP contribution in [0.5, 0.6) is 0 Å². The zero-order chi connectivity index (χ0) is 9.84. The van der Waals surface area contributed by atoms with E-state index < -0.39 is 0 Å². The summed E-state index contributed by atoms with van der Waals surface area (Å²) < 4.78 is 0. The quantitative estimate of drug-likeness (QED) is 0.781. The molecule has 0 spiro atoms. The van der Waals surface area contributed by atoms with Crippen LogP contribution in [-0.2, 0) is 6.54 Å². The van der Waals surface area contributed by atoms with Crippen LogP contribution < -0.4 is 5.32 Å². The van der Waals surface area contributed by atoms with Gasteiger partial charge in [-0.05, 0) is 31.9 Å². The molecule has 1 rings (SSSR count). The molecule has 1 aromatic rings. The molecule has 74 valence electrons. The minimum atomic E-state index is 0.599. The van der Waals surface area contributed by atoms with E-state index >= 15 is 0 Å². The zero-order valence-corrected chi connectivity index (χ0v) is 9.74. The second-order valence-corrected chi connectivity index (χ2v) is 5.30. The lowest BCUT2D eigenvalue weighted by Gasteiger charge is -2.16. The van der Waals surface area contributed by atoms with Gasteiger partial charge in [-0.3, -0.25) is 0 Å². The van der Waals surface area contributed by atoms with Crippen molar-refractivity contribution in [2.45, 2.75) is 40.3 Å². The fourth-order valence-corrected chi connectivity index (χ4v) is 1.92. The Morgan fingerprint density at radius 2 is 2.00 bits per heavy atom. The van der Waals surface area contributed by atoms with Crippen molar-refractivity contribution < 1.29 is 0 Å². The van der Waals surface area contributed by atoms with E-state index in [2.05, 4.69) is 45.1 Å². The molecule has 0 radical (unpaired) electrons. The molecule has 0 amide bonds. The van der Waals surface area contributed by atoms with Crippen LogP contribution in [0.1, 0.15) is 30.5 Å². The third kappa shape index (κ3) is 3.49. The van der Waals surface area contributed by atoms with Crippen LogP contribution >= 0.6 is 11.3 Å². The van der Waals surface area contributed by atoms with Gasteiger partial charge in [0.2, 0.25) is 0 Å². The number of rotatable bonds is 4. The number of thiophene rings is 1. The van der Waals surface area contributed by atoms with Gasteiger partial charge in [0.15, 0.2) is 0 Å². The third-order valence-corrected chi connectivity index (χ3v) is 3.39. The van der Waals surface area contributed by atoms with E-state index in [0.29, 0.717) is 12.0 Å². The smallest absolute Gasteiger partial charge is 0.0302 e. The van der Waals surface area contributed by atoms with E-state index in [1.165, 1.54) is 9.75 Å². The van der Waals surface area contributed by atoms with Crippen molar-refractivity contribution in [1.29, 1.82) is 0 Å². The van der Waals surface area contributed by atoms with Gasteiger partial charge in [-0.1, -0.05) is 13.8 Å². The van der Waals surface area contributed by atoms with Crippen molar-refractivity contribution in [3.63, 3.8) is 0 Å². The summed E-state index contributed by atoms with van der Waals surface area (Å²) in [5, 5.41) is 3.52. The van der Waals surface area contributed by atoms with E-state index in [0.717, 1.165) is 6.54 Å². The molecule has 0 aliphatic heterocycles. The van der Waals surface area contributed by atoms with Crippen LogP contribution in [0.25, 0.3) is 0 Å². The molecule has 0 bridgehead atoms. The van der Waals surface area contributed by atoms with Gasteiger partial charge < -0.3 is 5.32 Å². The summed E-state index contributed by atoms with van der Waals surface area (Å²) in [7, 11) is 0. The van der Waals surface area contributed by atoms with Crippen molar-refractivity contribution in [2.75, 3.05) is 0 Å². The van der Waals surface area contributed by atoms with Gasteiger partial charge in [-0.2, -0.15) is 0 Å². The standard InChI is InChI=1S/C11H19NS/c1-8(2)10(4)12-7-11-6-5-9(3)13-11/h5-6,8,10,12H,7H2,1-4H3/t10-/m1/s1. The fourth-order valence-electron chi connectivity index (χ4n) is 1.08. The molecule has 13 heavy (non-hydrogen) atoms. The zero-order valence-electron chi connectivity index (χ0n) is 8.92. The molecule has 0 unspecified atom stereocenters. The lowest BCUT2D eigenvalue weighted by Crippen LogP contribution is -2.29. The Hall–Kier alpha value is -0.340. The fraction of sp³-hybridized carbons (Fsp3) is 0.636. The number of hydrogen-bond donors (Lipinski definition) is 1. The maximum atomic E-state index is 3.52. The number of nitrogens with one attached hydrogen (secondary N) is 1. The van der Waals surface area contributed by atoms with E-state index in [-0.39, 0.29) is 0 Å². The lowest BCUT2D eigenvalue weighted by atomic mass is 10.1. The van der Waals surface area contributed by atoms with Gasteiger partial charge in [0.05, 0.1) is 0 Å². The molecule has 1 nitrogen and oxygen atoms in total. The average Bonchev–Trinajstić information content (AvgIpc) is 2.47. The molecule has 0 aliphatic rings. The Labute approximate surface area is 85.2 Å². The Kier molecular flexibility index (Phi) is 3.94. The maximum absolute atomic E-state index is 3.52. The van der Waals surface area contributed by atoms with Gasteiger partial charge in [-0.15, -0.1) is 11.3 Å². The summed E-state index contributed by atoms with van der Waals surface area (Å²) in [6, 6.07) is 4.99. The predicted octanol–water partition coefficient (Wildman–Crippen LogP) is 3.19. The first-order valence-electron chi connectivity index (χ1n) is 4.88. The summed E-state index contributed by atoms with van der Waals surface area (Å²) in [5.74, 6) is 0.709. The maximum Gasteiger partial charge on any atom is 0.0302 e. The molecule has 2 heteroatoms. The molecule has 1 aromatic heterocycles. The van der Waals surface area contributed by atoms with Crippen LogP contribution in [0.2, 0.25) is 0 Å². The molecular weight excluding hydrogens is 178 g/mol. The lowest BCUT2D eigenvalue weighted by molar-refractivity contribution is 0.428. The second kappa shape index (κ2) is 4.77. The van der Waals surface area contributed by atoms with Gasteiger partial charge in [0.1, 0.15) is 0 Å². The molecule has 1 atom stereocenters. The predicted molar refractivity (Wildman–Crippen MR) is 60.2 cm³/mol. The first kappa shape index (κ1) is 10.7. The molecule has 0 aromatic carbocycles. The topological polar surface area (TPSA) is 12.0 Å². The van der Waals surface area contributed by atoms with Gasteiger partial charge >= 0.3 is 0 Å². The Morgan fingerprint density at radius 3 is 2.46 bits per heavy atom. The van der Waals surface area contributed by atoms with Gasteiger partial charge in [0, 0.05) is 22.3 Å². The van der Waals surface area contributed by atoms with Crippen molar-refractivity contribution in [1.82, 2.24) is 5.32 Å². The minimum absolute atomic E-state index is 0.599. The Morgan fingerprint density at radius 1 is 1.31 bits per heavy atom. The molecule has 1 heterocycles. The highest BCUT2D eigenvalue weighted by molar-refractivity contribution is 7.11. The van der Waals surface area contributed by atoms with Crippen LogP contribution in [-0.4, -0.2) is 6.04 Å².